The van der Waals surface area contributed by atoms with Crippen LogP contribution in [0.15, 0.2) is 33.2 Å². The molecule has 5 nitrogen and oxygen atoms in total. The molecular formula is C17H22O5. The normalized spacial score (nSPS) is 20.3. The number of aromatic hydroxyl groups is 1. The van der Waals surface area contributed by atoms with Gasteiger partial charge in [-0.1, -0.05) is 25.5 Å². The summed E-state index contributed by atoms with van der Waals surface area (Å²) in [6, 6.07) is 0.961. The largest absolute Gasteiger partial charge is 0.502 e. The molecule has 120 valence electrons. The summed E-state index contributed by atoms with van der Waals surface area (Å²) in [4.78, 5) is 23.1. The molecule has 5 heteroatoms. The third-order valence-corrected chi connectivity index (χ3v) is 4.39. The van der Waals surface area contributed by atoms with Crippen LogP contribution in [0.25, 0.3) is 0 Å². The number of rotatable bonds is 4. The van der Waals surface area contributed by atoms with Gasteiger partial charge >= 0.3 is 5.97 Å². The average molecular weight is 306 g/mol. The summed E-state index contributed by atoms with van der Waals surface area (Å²) in [6.45, 7) is 6.55. The molecule has 0 amide bonds. The molecule has 0 aliphatic heterocycles. The van der Waals surface area contributed by atoms with Gasteiger partial charge in [0, 0.05) is 6.42 Å². The molecule has 0 bridgehead atoms. The fourth-order valence-corrected chi connectivity index (χ4v) is 3.09. The Bertz CT molecular complexity index is 639. The maximum atomic E-state index is 11.9. The molecule has 0 saturated heterocycles. The molecule has 1 aliphatic carbocycles. The van der Waals surface area contributed by atoms with Gasteiger partial charge in [-0.25, -0.2) is 0 Å². The predicted octanol–water partition coefficient (Wildman–Crippen LogP) is 3.41. The Kier molecular flexibility index (Phi) is 4.74. The van der Waals surface area contributed by atoms with Crippen LogP contribution in [-0.4, -0.2) is 11.1 Å². The van der Waals surface area contributed by atoms with Gasteiger partial charge in [-0.2, -0.15) is 0 Å². The average Bonchev–Trinajstić information content (AvgIpc) is 2.41. The molecule has 0 spiro atoms. The maximum absolute atomic E-state index is 11.9. The molecule has 1 atom stereocenters. The molecule has 1 N–H and O–H groups in total. The van der Waals surface area contributed by atoms with Crippen LogP contribution in [-0.2, 0) is 4.79 Å². The molecule has 1 aromatic rings. The van der Waals surface area contributed by atoms with E-state index in [-0.39, 0.29) is 17.8 Å². The molecular weight excluding hydrogens is 284 g/mol. The fraction of sp³-hybridized carbons (Fsp3) is 0.529. The molecule has 22 heavy (non-hydrogen) atoms. The van der Waals surface area contributed by atoms with Crippen LogP contribution in [0.5, 0.6) is 11.7 Å². The Hall–Kier alpha value is -2.04. The first kappa shape index (κ1) is 16.3. The number of hydrogen-bond donors (Lipinski definition) is 1. The van der Waals surface area contributed by atoms with Crippen LogP contribution in [0.3, 0.4) is 0 Å². The van der Waals surface area contributed by atoms with Gasteiger partial charge in [0.2, 0.25) is 5.43 Å². The highest BCUT2D eigenvalue weighted by Gasteiger charge is 2.32. The Morgan fingerprint density at radius 1 is 1.50 bits per heavy atom. The minimum atomic E-state index is -0.638. The van der Waals surface area contributed by atoms with Gasteiger partial charge in [-0.05, 0) is 37.5 Å². The lowest BCUT2D eigenvalue weighted by Crippen LogP contribution is -2.28. The van der Waals surface area contributed by atoms with Crippen molar-refractivity contribution < 1.29 is 19.1 Å². The van der Waals surface area contributed by atoms with Gasteiger partial charge in [0.05, 0.1) is 6.07 Å². The van der Waals surface area contributed by atoms with Crippen molar-refractivity contribution >= 4 is 5.97 Å². The number of carbonyl (C=O) groups excluding carboxylic acids is 1. The Morgan fingerprint density at radius 2 is 2.23 bits per heavy atom. The summed E-state index contributed by atoms with van der Waals surface area (Å²) < 4.78 is 9.87. The highest BCUT2D eigenvalue weighted by Crippen LogP contribution is 2.43. The van der Waals surface area contributed by atoms with Crippen LogP contribution < -0.4 is 10.2 Å². The first-order valence-corrected chi connectivity index (χ1v) is 7.49. The molecule has 0 fully saturated rings. The van der Waals surface area contributed by atoms with E-state index in [1.54, 1.807) is 0 Å². The smallest absolute Gasteiger partial charge is 0.313 e. The van der Waals surface area contributed by atoms with E-state index in [0.29, 0.717) is 12.3 Å². The number of esters is 1. The molecule has 0 saturated carbocycles. The van der Waals surface area contributed by atoms with Gasteiger partial charge < -0.3 is 14.3 Å². The lowest BCUT2D eigenvalue weighted by atomic mass is 9.67. The van der Waals surface area contributed by atoms with Crippen LogP contribution >= 0.6 is 0 Å². The molecule has 2 rings (SSSR count). The standard InChI is InChI=1S/C17H22O5/c1-11-5-4-8-17(2,3)12(11)6-7-15(20)22-16-9-13(18)14(19)10-21-16/h5,9-10,12,19H,4,6-8H2,1-3H3. The van der Waals surface area contributed by atoms with Gasteiger partial charge in [0.15, 0.2) is 5.75 Å². The zero-order valence-corrected chi connectivity index (χ0v) is 13.2. The summed E-state index contributed by atoms with van der Waals surface area (Å²) in [6.07, 6.45) is 6.25. The van der Waals surface area contributed by atoms with Crippen molar-refractivity contribution in [2.45, 2.75) is 46.5 Å². The van der Waals surface area contributed by atoms with Crippen molar-refractivity contribution in [3.8, 4) is 11.7 Å². The van der Waals surface area contributed by atoms with Crippen molar-refractivity contribution in [3.63, 3.8) is 0 Å². The second-order valence-electron chi connectivity index (χ2n) is 6.49. The van der Waals surface area contributed by atoms with E-state index in [0.717, 1.165) is 25.2 Å². The third-order valence-electron chi connectivity index (χ3n) is 4.39. The molecule has 0 aromatic carbocycles. The van der Waals surface area contributed by atoms with Crippen LogP contribution in [0.1, 0.15) is 46.5 Å². The maximum Gasteiger partial charge on any atom is 0.313 e. The van der Waals surface area contributed by atoms with E-state index in [2.05, 4.69) is 26.8 Å². The van der Waals surface area contributed by atoms with Crippen molar-refractivity contribution in [2.75, 3.05) is 0 Å². The van der Waals surface area contributed by atoms with Crippen LogP contribution in [0.4, 0.5) is 0 Å². The van der Waals surface area contributed by atoms with E-state index in [1.165, 1.54) is 5.57 Å². The van der Waals surface area contributed by atoms with Gasteiger partial charge in [0.25, 0.3) is 5.95 Å². The zero-order valence-electron chi connectivity index (χ0n) is 13.2. The Morgan fingerprint density at radius 3 is 2.86 bits per heavy atom. The number of carbonyl (C=O) groups is 1. The second kappa shape index (κ2) is 6.38. The zero-order chi connectivity index (χ0) is 16.3. The quantitative estimate of drug-likeness (QED) is 0.681. The summed E-state index contributed by atoms with van der Waals surface area (Å²) in [5, 5.41) is 9.09. The van der Waals surface area contributed by atoms with Crippen molar-refractivity contribution in [2.24, 2.45) is 11.3 Å². The van der Waals surface area contributed by atoms with E-state index in [4.69, 9.17) is 14.3 Å². The van der Waals surface area contributed by atoms with Crippen LogP contribution in [0.2, 0.25) is 0 Å². The van der Waals surface area contributed by atoms with E-state index >= 15 is 0 Å². The SMILES string of the molecule is CC1=CCCC(C)(C)C1CCC(=O)Oc1cc(=O)c(O)co1. The minimum Gasteiger partial charge on any atom is -0.502 e. The van der Waals surface area contributed by atoms with Gasteiger partial charge in [-0.15, -0.1) is 0 Å². The van der Waals surface area contributed by atoms with E-state index in [9.17, 15) is 9.59 Å². The predicted molar refractivity (Wildman–Crippen MR) is 81.8 cm³/mol. The number of hydrogen-bond acceptors (Lipinski definition) is 5. The van der Waals surface area contributed by atoms with E-state index in [1.807, 2.05) is 0 Å². The number of ether oxygens (including phenoxy) is 1. The molecule has 1 unspecified atom stereocenters. The molecule has 1 heterocycles. The first-order valence-electron chi connectivity index (χ1n) is 7.49. The number of allylic oxidation sites excluding steroid dienone is 2. The molecule has 0 radical (unpaired) electrons. The monoisotopic (exact) mass is 306 g/mol. The van der Waals surface area contributed by atoms with Crippen molar-refractivity contribution in [1.29, 1.82) is 0 Å². The third kappa shape index (κ3) is 3.78. The van der Waals surface area contributed by atoms with Gasteiger partial charge in [-0.3, -0.25) is 9.59 Å². The van der Waals surface area contributed by atoms with Crippen molar-refractivity contribution in [1.82, 2.24) is 0 Å². The lowest BCUT2D eigenvalue weighted by molar-refractivity contribution is -0.136. The van der Waals surface area contributed by atoms with Gasteiger partial charge in [0.1, 0.15) is 6.26 Å². The summed E-state index contributed by atoms with van der Waals surface area (Å²) in [5.74, 6) is -0.795. The Balaban J connectivity index is 1.95. The first-order chi connectivity index (χ1) is 10.3. The molecule has 1 aliphatic rings. The van der Waals surface area contributed by atoms with E-state index < -0.39 is 17.1 Å². The second-order valence-corrected chi connectivity index (χ2v) is 6.49. The van der Waals surface area contributed by atoms with Crippen LogP contribution in [0, 0.1) is 11.3 Å². The topological polar surface area (TPSA) is 76.7 Å². The fourth-order valence-electron chi connectivity index (χ4n) is 3.09. The summed E-state index contributed by atoms with van der Waals surface area (Å²) in [7, 11) is 0. The molecule has 1 aromatic heterocycles. The van der Waals surface area contributed by atoms with Crippen molar-refractivity contribution in [3.05, 3.63) is 34.2 Å². The summed E-state index contributed by atoms with van der Waals surface area (Å²) in [5.41, 5.74) is 0.853. The highest BCUT2D eigenvalue weighted by atomic mass is 16.6. The highest BCUT2D eigenvalue weighted by molar-refractivity contribution is 5.71. The minimum absolute atomic E-state index is 0.171. The Labute approximate surface area is 129 Å². The lowest BCUT2D eigenvalue weighted by Gasteiger charge is -2.38. The summed E-state index contributed by atoms with van der Waals surface area (Å²) >= 11 is 0.